The molecule has 1 amide bonds. The van der Waals surface area contributed by atoms with E-state index in [2.05, 4.69) is 5.32 Å². The molecule has 0 fully saturated rings. The van der Waals surface area contributed by atoms with Crippen molar-refractivity contribution in [1.82, 2.24) is 5.32 Å². The first-order valence-corrected chi connectivity index (χ1v) is 4.22. The maximum absolute atomic E-state index is 11.0. The van der Waals surface area contributed by atoms with Gasteiger partial charge in [-0.25, -0.2) is 0 Å². The van der Waals surface area contributed by atoms with Crippen LogP contribution in [0.3, 0.4) is 0 Å². The summed E-state index contributed by atoms with van der Waals surface area (Å²) in [5.41, 5.74) is 0.458. The number of carbonyl (C=O) groups is 1. The molecule has 0 saturated heterocycles. The molecule has 0 aliphatic carbocycles. The summed E-state index contributed by atoms with van der Waals surface area (Å²) in [5, 5.41) is 12.3. The van der Waals surface area contributed by atoms with E-state index in [1.165, 1.54) is 0 Å². The lowest BCUT2D eigenvalue weighted by atomic mass is 9.89. The maximum Gasteiger partial charge on any atom is 0.250 e. The molecule has 1 aliphatic rings. The Morgan fingerprint density at radius 1 is 1.58 bits per heavy atom. The molecule has 3 nitrogen and oxygen atoms in total. The molecule has 1 unspecified atom stereocenters. The molecular weight excluding hydrogens is 154 g/mol. The van der Waals surface area contributed by atoms with Gasteiger partial charge >= 0.3 is 0 Å². The van der Waals surface area contributed by atoms with Gasteiger partial charge in [0.15, 0.2) is 0 Å². The molecule has 1 heterocycles. The number of hydrogen-bond donors (Lipinski definition) is 2. The molecule has 68 valence electrons. The standard InChI is InChI=1S/C9H15NO2/c1-5(2)7-4-10-9(12)6(3)8(7)11/h5,7,11H,4H2,1-3H3,(H,10,12). The number of rotatable bonds is 1. The van der Waals surface area contributed by atoms with Crippen LogP contribution in [0.25, 0.3) is 0 Å². The van der Waals surface area contributed by atoms with Crippen LogP contribution >= 0.6 is 0 Å². The average Bonchev–Trinajstić information content (AvgIpc) is 2.00. The molecule has 0 aromatic rings. The molecule has 0 bridgehead atoms. The highest BCUT2D eigenvalue weighted by Gasteiger charge is 2.27. The van der Waals surface area contributed by atoms with Crippen molar-refractivity contribution in [3.05, 3.63) is 11.3 Å². The third kappa shape index (κ3) is 1.44. The van der Waals surface area contributed by atoms with Crippen LogP contribution in [0.5, 0.6) is 0 Å². The number of aliphatic hydroxyl groups excluding tert-OH is 1. The van der Waals surface area contributed by atoms with Crippen LogP contribution in [-0.2, 0) is 4.79 Å². The Bertz CT molecular complexity index is 231. The van der Waals surface area contributed by atoms with E-state index in [0.717, 1.165) is 0 Å². The number of hydrogen-bond acceptors (Lipinski definition) is 2. The Morgan fingerprint density at radius 2 is 2.17 bits per heavy atom. The number of amides is 1. The molecular formula is C9H15NO2. The topological polar surface area (TPSA) is 49.3 Å². The Hall–Kier alpha value is -0.990. The number of aliphatic hydroxyl groups is 1. The van der Waals surface area contributed by atoms with Gasteiger partial charge in [-0.2, -0.15) is 0 Å². The van der Waals surface area contributed by atoms with Gasteiger partial charge in [-0.05, 0) is 12.8 Å². The van der Waals surface area contributed by atoms with Crippen molar-refractivity contribution < 1.29 is 9.90 Å². The Balaban J connectivity index is 2.90. The van der Waals surface area contributed by atoms with E-state index < -0.39 is 0 Å². The predicted octanol–water partition coefficient (Wildman–Crippen LogP) is 1.22. The van der Waals surface area contributed by atoms with Crippen LogP contribution in [0, 0.1) is 11.8 Å². The average molecular weight is 169 g/mol. The van der Waals surface area contributed by atoms with Crippen molar-refractivity contribution in [3.63, 3.8) is 0 Å². The lowest BCUT2D eigenvalue weighted by Gasteiger charge is -2.26. The summed E-state index contributed by atoms with van der Waals surface area (Å²) >= 11 is 0. The van der Waals surface area contributed by atoms with Gasteiger partial charge in [0.2, 0.25) is 5.91 Å². The van der Waals surface area contributed by atoms with Gasteiger partial charge in [-0.1, -0.05) is 13.8 Å². The van der Waals surface area contributed by atoms with Gasteiger partial charge in [0, 0.05) is 12.5 Å². The summed E-state index contributed by atoms with van der Waals surface area (Å²) in [6.45, 7) is 6.27. The van der Waals surface area contributed by atoms with Crippen LogP contribution in [0.15, 0.2) is 11.3 Å². The monoisotopic (exact) mass is 169 g/mol. The van der Waals surface area contributed by atoms with Gasteiger partial charge < -0.3 is 10.4 Å². The SMILES string of the molecule is CC1=C(O)C(C(C)C)CNC1=O. The van der Waals surface area contributed by atoms with Crippen LogP contribution in [-0.4, -0.2) is 17.6 Å². The minimum atomic E-state index is -0.149. The molecule has 0 aromatic heterocycles. The molecule has 1 atom stereocenters. The molecule has 0 radical (unpaired) electrons. The third-order valence-corrected chi connectivity index (χ3v) is 2.36. The van der Waals surface area contributed by atoms with Gasteiger partial charge in [-0.15, -0.1) is 0 Å². The maximum atomic E-state index is 11.0. The number of carbonyl (C=O) groups excluding carboxylic acids is 1. The summed E-state index contributed by atoms with van der Waals surface area (Å²) in [7, 11) is 0. The van der Waals surface area contributed by atoms with Crippen LogP contribution in [0.2, 0.25) is 0 Å². The van der Waals surface area contributed by atoms with Gasteiger partial charge in [0.05, 0.1) is 5.57 Å². The van der Waals surface area contributed by atoms with Crippen LogP contribution in [0.1, 0.15) is 20.8 Å². The first kappa shape index (κ1) is 9.10. The molecule has 2 N–H and O–H groups in total. The van der Waals surface area contributed by atoms with Gasteiger partial charge in [-0.3, -0.25) is 4.79 Å². The quantitative estimate of drug-likeness (QED) is 0.620. The van der Waals surface area contributed by atoms with E-state index in [1.807, 2.05) is 13.8 Å². The molecule has 0 spiro atoms. The van der Waals surface area contributed by atoms with Crippen molar-refractivity contribution in [3.8, 4) is 0 Å². The predicted molar refractivity (Wildman–Crippen MR) is 46.7 cm³/mol. The smallest absolute Gasteiger partial charge is 0.250 e. The second kappa shape index (κ2) is 3.17. The lowest BCUT2D eigenvalue weighted by molar-refractivity contribution is -0.118. The summed E-state index contributed by atoms with van der Waals surface area (Å²) in [6.07, 6.45) is 0. The van der Waals surface area contributed by atoms with E-state index in [-0.39, 0.29) is 17.6 Å². The molecule has 0 saturated carbocycles. The zero-order valence-corrected chi connectivity index (χ0v) is 7.72. The van der Waals surface area contributed by atoms with Gasteiger partial charge in [0.25, 0.3) is 0 Å². The van der Waals surface area contributed by atoms with Gasteiger partial charge in [0.1, 0.15) is 5.76 Å². The van der Waals surface area contributed by atoms with Crippen molar-refractivity contribution in [1.29, 1.82) is 0 Å². The van der Waals surface area contributed by atoms with Crippen molar-refractivity contribution >= 4 is 5.91 Å². The molecule has 1 aliphatic heterocycles. The fourth-order valence-corrected chi connectivity index (χ4v) is 1.38. The molecule has 0 aromatic carbocycles. The first-order valence-electron chi connectivity index (χ1n) is 4.22. The van der Waals surface area contributed by atoms with E-state index >= 15 is 0 Å². The van der Waals surface area contributed by atoms with Crippen molar-refractivity contribution in [2.75, 3.05) is 6.54 Å². The minimum Gasteiger partial charge on any atom is -0.511 e. The first-order chi connectivity index (χ1) is 5.54. The van der Waals surface area contributed by atoms with E-state index in [0.29, 0.717) is 18.0 Å². The summed E-state index contributed by atoms with van der Waals surface area (Å²) < 4.78 is 0. The Kier molecular flexibility index (Phi) is 2.40. The highest BCUT2D eigenvalue weighted by atomic mass is 16.3. The molecule has 12 heavy (non-hydrogen) atoms. The largest absolute Gasteiger partial charge is 0.511 e. The summed E-state index contributed by atoms with van der Waals surface area (Å²) in [5.74, 6) is 0.557. The van der Waals surface area contributed by atoms with E-state index in [1.54, 1.807) is 6.92 Å². The number of nitrogens with one attached hydrogen (secondary N) is 1. The van der Waals surface area contributed by atoms with Crippen LogP contribution < -0.4 is 5.32 Å². The van der Waals surface area contributed by atoms with Crippen LogP contribution in [0.4, 0.5) is 0 Å². The third-order valence-electron chi connectivity index (χ3n) is 2.36. The van der Waals surface area contributed by atoms with Crippen molar-refractivity contribution in [2.45, 2.75) is 20.8 Å². The zero-order valence-electron chi connectivity index (χ0n) is 7.72. The Labute approximate surface area is 72.5 Å². The second-order valence-electron chi connectivity index (χ2n) is 3.57. The zero-order chi connectivity index (χ0) is 9.30. The second-order valence-corrected chi connectivity index (χ2v) is 3.57. The summed E-state index contributed by atoms with van der Waals surface area (Å²) in [4.78, 5) is 11.0. The van der Waals surface area contributed by atoms with E-state index in [9.17, 15) is 9.90 Å². The fraction of sp³-hybridized carbons (Fsp3) is 0.667. The highest BCUT2D eigenvalue weighted by Crippen LogP contribution is 2.23. The highest BCUT2D eigenvalue weighted by molar-refractivity contribution is 5.94. The Morgan fingerprint density at radius 3 is 2.67 bits per heavy atom. The lowest BCUT2D eigenvalue weighted by Crippen LogP contribution is -2.38. The molecule has 3 heteroatoms. The fourth-order valence-electron chi connectivity index (χ4n) is 1.38. The molecule has 1 rings (SSSR count). The minimum absolute atomic E-state index is 0.0858. The van der Waals surface area contributed by atoms with Crippen molar-refractivity contribution in [2.24, 2.45) is 11.8 Å². The normalized spacial score (nSPS) is 24.7. The summed E-state index contributed by atoms with van der Waals surface area (Å²) in [6, 6.07) is 0. The van der Waals surface area contributed by atoms with E-state index in [4.69, 9.17) is 0 Å².